The van der Waals surface area contributed by atoms with E-state index < -0.39 is 28.1 Å². The fraction of sp³-hybridized carbons (Fsp3) is 0.385. The topological polar surface area (TPSA) is 104 Å². The third-order valence-electron chi connectivity index (χ3n) is 3.43. The molecule has 1 amide bonds. The van der Waals surface area contributed by atoms with Crippen LogP contribution in [0.3, 0.4) is 0 Å². The van der Waals surface area contributed by atoms with Crippen LogP contribution in [-0.2, 0) is 15.0 Å². The van der Waals surface area contributed by atoms with Gasteiger partial charge in [-0.2, -0.15) is 12.7 Å². The monoisotopic (exact) mass is 328 g/mol. The first-order valence-corrected chi connectivity index (χ1v) is 7.91. The van der Waals surface area contributed by atoms with E-state index in [0.29, 0.717) is 4.31 Å². The summed E-state index contributed by atoms with van der Waals surface area (Å²) in [4.78, 5) is 22.7. The number of ether oxygens (including phenoxy) is 1. The van der Waals surface area contributed by atoms with Crippen LogP contribution in [-0.4, -0.2) is 60.3 Å². The molecule has 120 valence electrons. The highest BCUT2D eigenvalue weighted by Crippen LogP contribution is 2.22. The van der Waals surface area contributed by atoms with E-state index >= 15 is 0 Å². The lowest BCUT2D eigenvalue weighted by Crippen LogP contribution is -2.37. The molecule has 1 aromatic rings. The van der Waals surface area contributed by atoms with E-state index in [0.717, 1.165) is 4.31 Å². The smallest absolute Gasteiger partial charge is 0.339 e. The fourth-order valence-corrected chi connectivity index (χ4v) is 3.67. The number of hydrogen-bond acceptors (Lipinski definition) is 5. The number of rotatable bonds is 5. The molecule has 1 heterocycles. The molecular formula is C13H16N2O6S. The summed E-state index contributed by atoms with van der Waals surface area (Å²) in [6.07, 6.45) is 0. The van der Waals surface area contributed by atoms with E-state index in [9.17, 15) is 18.0 Å². The average Bonchev–Trinajstić information content (AvgIpc) is 2.62. The molecule has 8 nitrogen and oxygen atoms in total. The minimum atomic E-state index is -3.82. The third kappa shape index (κ3) is 2.77. The molecule has 1 unspecified atom stereocenters. The molecule has 0 aromatic heterocycles. The lowest BCUT2D eigenvalue weighted by Gasteiger charge is -2.18. The van der Waals surface area contributed by atoms with Crippen molar-refractivity contribution in [2.75, 3.05) is 20.2 Å². The fourth-order valence-electron chi connectivity index (χ4n) is 2.18. The second-order valence-electron chi connectivity index (χ2n) is 4.75. The lowest BCUT2D eigenvalue weighted by atomic mass is 10.2. The van der Waals surface area contributed by atoms with Crippen molar-refractivity contribution in [3.8, 4) is 5.75 Å². The highest BCUT2D eigenvalue weighted by atomic mass is 32.2. The Balaban J connectivity index is 2.06. The van der Waals surface area contributed by atoms with Crippen LogP contribution in [0.5, 0.6) is 5.75 Å². The maximum atomic E-state index is 12.0. The number of nitrogens with zero attached hydrogens (tertiary/aromatic N) is 2. The van der Waals surface area contributed by atoms with Gasteiger partial charge in [-0.1, -0.05) is 12.1 Å². The molecule has 1 atom stereocenters. The van der Waals surface area contributed by atoms with Gasteiger partial charge >= 0.3 is 16.2 Å². The van der Waals surface area contributed by atoms with Crippen molar-refractivity contribution >= 4 is 22.1 Å². The van der Waals surface area contributed by atoms with Crippen LogP contribution in [0.2, 0.25) is 0 Å². The summed E-state index contributed by atoms with van der Waals surface area (Å²) in [5.74, 6) is -1.49. The molecule has 22 heavy (non-hydrogen) atoms. The highest BCUT2D eigenvalue weighted by molar-refractivity contribution is 7.87. The SMILES string of the molecule is CC1C(=O)N(C)S(=O)(=O)N1CCOc1ccccc1C(=O)O. The predicted molar refractivity (Wildman–Crippen MR) is 76.8 cm³/mol. The molecule has 0 bridgehead atoms. The second kappa shape index (κ2) is 5.93. The number of amides is 1. The van der Waals surface area contributed by atoms with Gasteiger partial charge in [0.1, 0.15) is 24.0 Å². The van der Waals surface area contributed by atoms with Crippen molar-refractivity contribution in [3.05, 3.63) is 29.8 Å². The van der Waals surface area contributed by atoms with E-state index in [-0.39, 0.29) is 24.5 Å². The largest absolute Gasteiger partial charge is 0.491 e. The summed E-state index contributed by atoms with van der Waals surface area (Å²) in [6, 6.07) is 5.27. The average molecular weight is 328 g/mol. The van der Waals surface area contributed by atoms with Crippen LogP contribution >= 0.6 is 0 Å². The van der Waals surface area contributed by atoms with Crippen LogP contribution in [0, 0.1) is 0 Å². The molecule has 0 spiro atoms. The summed E-state index contributed by atoms with van der Waals surface area (Å²) in [6.45, 7) is 1.39. The van der Waals surface area contributed by atoms with Gasteiger partial charge in [0.2, 0.25) is 0 Å². The Morgan fingerprint density at radius 3 is 2.55 bits per heavy atom. The summed E-state index contributed by atoms with van der Waals surface area (Å²) in [5.41, 5.74) is -0.00646. The number of para-hydroxylation sites is 1. The Hall–Kier alpha value is -2.13. The van der Waals surface area contributed by atoms with E-state index in [2.05, 4.69) is 0 Å². The van der Waals surface area contributed by atoms with Gasteiger partial charge in [-0.25, -0.2) is 9.10 Å². The van der Waals surface area contributed by atoms with Crippen LogP contribution < -0.4 is 4.74 Å². The van der Waals surface area contributed by atoms with Crippen LogP contribution in [0.1, 0.15) is 17.3 Å². The van der Waals surface area contributed by atoms with Crippen molar-refractivity contribution in [2.24, 2.45) is 0 Å². The summed E-state index contributed by atoms with van der Waals surface area (Å²) < 4.78 is 31.1. The summed E-state index contributed by atoms with van der Waals surface area (Å²) >= 11 is 0. The third-order valence-corrected chi connectivity index (χ3v) is 5.39. The summed E-state index contributed by atoms with van der Waals surface area (Å²) in [7, 11) is -2.62. The van der Waals surface area contributed by atoms with Gasteiger partial charge in [-0.05, 0) is 19.1 Å². The number of carboxylic acid groups (broad SMARTS) is 1. The molecule has 1 N–H and O–H groups in total. The van der Waals surface area contributed by atoms with E-state index in [1.165, 1.54) is 26.1 Å². The second-order valence-corrected chi connectivity index (χ2v) is 6.66. The molecule has 1 aliphatic heterocycles. The zero-order chi connectivity index (χ0) is 16.5. The first-order valence-electron chi connectivity index (χ1n) is 6.51. The van der Waals surface area contributed by atoms with Crippen LogP contribution in [0.4, 0.5) is 0 Å². The Bertz CT molecular complexity index is 702. The molecule has 2 rings (SSSR count). The van der Waals surface area contributed by atoms with Gasteiger partial charge in [0.05, 0.1) is 6.54 Å². The minimum absolute atomic E-state index is 0.00646. The molecule has 1 aromatic carbocycles. The van der Waals surface area contributed by atoms with Crippen molar-refractivity contribution in [1.82, 2.24) is 8.61 Å². The van der Waals surface area contributed by atoms with Crippen molar-refractivity contribution in [1.29, 1.82) is 0 Å². The van der Waals surface area contributed by atoms with Crippen molar-refractivity contribution in [3.63, 3.8) is 0 Å². The zero-order valence-corrected chi connectivity index (χ0v) is 12.9. The number of carbonyl (C=O) groups excluding carboxylic acids is 1. The lowest BCUT2D eigenvalue weighted by molar-refractivity contribution is -0.126. The first kappa shape index (κ1) is 16.2. The van der Waals surface area contributed by atoms with Gasteiger partial charge < -0.3 is 9.84 Å². The van der Waals surface area contributed by atoms with Crippen LogP contribution in [0.25, 0.3) is 0 Å². The predicted octanol–water partition coefficient (Wildman–Crippen LogP) is 0.171. The molecule has 0 aliphatic carbocycles. The van der Waals surface area contributed by atoms with E-state index in [1.54, 1.807) is 12.1 Å². The van der Waals surface area contributed by atoms with Gasteiger partial charge in [-0.3, -0.25) is 4.79 Å². The number of benzene rings is 1. The molecule has 1 aliphatic rings. The number of hydrogen-bond donors (Lipinski definition) is 1. The maximum Gasteiger partial charge on any atom is 0.339 e. The quantitative estimate of drug-likeness (QED) is 0.826. The molecule has 9 heteroatoms. The molecule has 0 radical (unpaired) electrons. The van der Waals surface area contributed by atoms with Gasteiger partial charge in [0.15, 0.2) is 0 Å². The maximum absolute atomic E-state index is 12.0. The minimum Gasteiger partial charge on any atom is -0.491 e. The Morgan fingerprint density at radius 2 is 2.00 bits per heavy atom. The summed E-state index contributed by atoms with van der Waals surface area (Å²) in [5, 5.41) is 9.03. The zero-order valence-electron chi connectivity index (χ0n) is 12.1. The Morgan fingerprint density at radius 1 is 1.36 bits per heavy atom. The van der Waals surface area contributed by atoms with Crippen LogP contribution in [0.15, 0.2) is 24.3 Å². The Labute approximate surface area is 128 Å². The van der Waals surface area contributed by atoms with Gasteiger partial charge in [-0.15, -0.1) is 0 Å². The molecule has 1 saturated heterocycles. The number of carbonyl (C=O) groups is 2. The van der Waals surface area contributed by atoms with Gasteiger partial charge in [0, 0.05) is 7.05 Å². The standard InChI is InChI=1S/C13H16N2O6S/c1-9-12(16)14(2)22(19,20)15(9)7-8-21-11-6-4-3-5-10(11)13(17)18/h3-6,9H,7-8H2,1-2H3,(H,17,18). The molecular weight excluding hydrogens is 312 g/mol. The Kier molecular flexibility index (Phi) is 4.38. The van der Waals surface area contributed by atoms with E-state index in [1.807, 2.05) is 0 Å². The number of aromatic carboxylic acids is 1. The molecule has 0 saturated carbocycles. The van der Waals surface area contributed by atoms with Crippen molar-refractivity contribution in [2.45, 2.75) is 13.0 Å². The number of carboxylic acids is 1. The number of likely N-dealkylation sites (N-methyl/N-ethyl adjacent to an activating group) is 1. The molecule has 1 fully saturated rings. The van der Waals surface area contributed by atoms with E-state index in [4.69, 9.17) is 9.84 Å². The normalized spacial score (nSPS) is 21.1. The van der Waals surface area contributed by atoms with Gasteiger partial charge in [0.25, 0.3) is 5.91 Å². The highest BCUT2D eigenvalue weighted by Gasteiger charge is 2.45. The first-order chi connectivity index (χ1) is 10.3. The van der Waals surface area contributed by atoms with Crippen molar-refractivity contribution < 1.29 is 27.9 Å².